The van der Waals surface area contributed by atoms with Gasteiger partial charge in [0, 0.05) is 16.9 Å². The minimum Gasteiger partial charge on any atom is -0.464 e. The van der Waals surface area contributed by atoms with E-state index in [9.17, 15) is 9.59 Å². The van der Waals surface area contributed by atoms with E-state index in [-0.39, 0.29) is 5.41 Å². The first-order valence-corrected chi connectivity index (χ1v) is 10.6. The van der Waals surface area contributed by atoms with Gasteiger partial charge in [0.2, 0.25) is 0 Å². The molecule has 0 saturated heterocycles. The van der Waals surface area contributed by atoms with Gasteiger partial charge in [-0.1, -0.05) is 50.6 Å². The van der Waals surface area contributed by atoms with Crippen LogP contribution in [0.5, 0.6) is 0 Å². The number of aryl methyl sites for hydroxylation is 1. The van der Waals surface area contributed by atoms with Crippen molar-refractivity contribution >= 4 is 34.4 Å². The van der Waals surface area contributed by atoms with Crippen LogP contribution in [0.3, 0.4) is 0 Å². The predicted molar refractivity (Wildman–Crippen MR) is 129 cm³/mol. The molecule has 0 bridgehead atoms. The Kier molecular flexibility index (Phi) is 5.68. The van der Waals surface area contributed by atoms with E-state index in [1.807, 2.05) is 43.3 Å². The van der Waals surface area contributed by atoms with Crippen LogP contribution < -0.4 is 10.6 Å². The number of hydrogen-bond donors (Lipinski definition) is 3. The highest BCUT2D eigenvalue weighted by Gasteiger charge is 2.22. The molecule has 0 spiro atoms. The molecule has 2 aromatic carbocycles. The van der Waals surface area contributed by atoms with E-state index in [0.29, 0.717) is 22.7 Å². The lowest BCUT2D eigenvalue weighted by molar-refractivity contribution is 0.0595. The van der Waals surface area contributed by atoms with Crippen molar-refractivity contribution in [1.82, 2.24) is 14.8 Å². The molecule has 0 aliphatic carbocycles. The van der Waals surface area contributed by atoms with E-state index in [4.69, 9.17) is 9.84 Å². The maximum Gasteiger partial charge on any atom is 0.354 e. The largest absolute Gasteiger partial charge is 0.464 e. The van der Waals surface area contributed by atoms with Crippen LogP contribution in [0.1, 0.15) is 42.5 Å². The molecule has 8 heteroatoms. The van der Waals surface area contributed by atoms with Crippen molar-refractivity contribution in [2.45, 2.75) is 33.1 Å². The lowest BCUT2D eigenvalue weighted by Crippen LogP contribution is -2.21. The molecular formula is C25H27N5O3. The standard InChI is InChI=1S/C25H27N5O3/c1-15-9-11-17(12-10-15)30-21(14-20(29-30)25(2,3)4)28-24(32)27-18-8-6-7-16-13-19(23(31)33-5)26-22(16)18/h6-14,26H,1-5H3,(H2,27,28,32). The number of aromatic nitrogens is 3. The summed E-state index contributed by atoms with van der Waals surface area (Å²) >= 11 is 0. The molecule has 8 nitrogen and oxygen atoms in total. The second-order valence-electron chi connectivity index (χ2n) is 8.94. The van der Waals surface area contributed by atoms with Crippen molar-refractivity contribution in [2.75, 3.05) is 17.7 Å². The number of anilines is 2. The van der Waals surface area contributed by atoms with Gasteiger partial charge in [-0.15, -0.1) is 0 Å². The Morgan fingerprint density at radius 1 is 1.03 bits per heavy atom. The molecule has 170 valence electrons. The van der Waals surface area contributed by atoms with Crippen LogP contribution in [-0.2, 0) is 10.2 Å². The van der Waals surface area contributed by atoms with Crippen molar-refractivity contribution in [3.63, 3.8) is 0 Å². The van der Waals surface area contributed by atoms with Crippen LogP contribution in [0.25, 0.3) is 16.6 Å². The van der Waals surface area contributed by atoms with Crippen LogP contribution in [0, 0.1) is 6.92 Å². The lowest BCUT2D eigenvalue weighted by Gasteiger charge is -2.14. The predicted octanol–water partition coefficient (Wildman–Crippen LogP) is 5.39. The number of H-pyrrole nitrogens is 1. The molecule has 2 amide bonds. The Hall–Kier alpha value is -4.07. The highest BCUT2D eigenvalue weighted by atomic mass is 16.5. The van der Waals surface area contributed by atoms with Crippen LogP contribution in [-0.4, -0.2) is 33.9 Å². The molecule has 0 atom stereocenters. The van der Waals surface area contributed by atoms with Crippen LogP contribution in [0.4, 0.5) is 16.3 Å². The van der Waals surface area contributed by atoms with Crippen LogP contribution >= 0.6 is 0 Å². The number of urea groups is 1. The van der Waals surface area contributed by atoms with Gasteiger partial charge in [0.25, 0.3) is 0 Å². The molecule has 2 aromatic heterocycles. The second kappa shape index (κ2) is 8.46. The number of rotatable bonds is 4. The molecule has 33 heavy (non-hydrogen) atoms. The fourth-order valence-corrected chi connectivity index (χ4v) is 3.47. The van der Waals surface area contributed by atoms with Gasteiger partial charge in [0.15, 0.2) is 0 Å². The first-order valence-electron chi connectivity index (χ1n) is 10.6. The van der Waals surface area contributed by atoms with E-state index in [1.54, 1.807) is 22.9 Å². The molecule has 3 N–H and O–H groups in total. The quantitative estimate of drug-likeness (QED) is 0.367. The summed E-state index contributed by atoms with van der Waals surface area (Å²) < 4.78 is 6.50. The van der Waals surface area contributed by atoms with Crippen molar-refractivity contribution in [3.05, 3.63) is 71.5 Å². The third kappa shape index (κ3) is 4.59. The number of nitrogens with zero attached hydrogens (tertiary/aromatic N) is 2. The Balaban J connectivity index is 1.64. The highest BCUT2D eigenvalue weighted by molar-refractivity contribution is 6.06. The Labute approximate surface area is 191 Å². The summed E-state index contributed by atoms with van der Waals surface area (Å²) in [6.07, 6.45) is 0. The molecule has 4 rings (SSSR count). The topological polar surface area (TPSA) is 101 Å². The first kappa shape index (κ1) is 22.1. The van der Waals surface area contributed by atoms with Gasteiger partial charge in [0.1, 0.15) is 11.5 Å². The summed E-state index contributed by atoms with van der Waals surface area (Å²) in [6, 6.07) is 16.5. The average Bonchev–Trinajstić information content (AvgIpc) is 3.39. The fraction of sp³-hybridized carbons (Fsp3) is 0.240. The Morgan fingerprint density at radius 2 is 1.76 bits per heavy atom. The molecule has 2 heterocycles. The van der Waals surface area contributed by atoms with Crippen LogP contribution in [0.15, 0.2) is 54.6 Å². The molecule has 4 aromatic rings. The average molecular weight is 446 g/mol. The minimum atomic E-state index is -0.474. The number of fused-ring (bicyclic) bond motifs is 1. The molecule has 0 fully saturated rings. The van der Waals surface area contributed by atoms with Gasteiger partial charge in [-0.3, -0.25) is 5.32 Å². The summed E-state index contributed by atoms with van der Waals surface area (Å²) in [5.74, 6) is 0.0773. The SMILES string of the molecule is COC(=O)c1cc2cccc(NC(=O)Nc3cc(C(C)(C)C)nn3-c3ccc(C)cc3)c2[nH]1. The van der Waals surface area contributed by atoms with Crippen LogP contribution in [0.2, 0.25) is 0 Å². The van der Waals surface area contributed by atoms with Crippen molar-refractivity contribution in [3.8, 4) is 5.69 Å². The van der Waals surface area contributed by atoms with Gasteiger partial charge < -0.3 is 15.0 Å². The zero-order valence-electron chi connectivity index (χ0n) is 19.3. The number of esters is 1. The summed E-state index contributed by atoms with van der Waals surface area (Å²) in [5, 5.41) is 11.3. The smallest absolute Gasteiger partial charge is 0.354 e. The number of carbonyl (C=O) groups excluding carboxylic acids is 2. The zero-order valence-corrected chi connectivity index (χ0v) is 19.3. The number of aromatic amines is 1. The first-order chi connectivity index (χ1) is 15.7. The molecule has 0 aliphatic rings. The van der Waals surface area contributed by atoms with E-state index < -0.39 is 12.0 Å². The molecule has 0 unspecified atom stereocenters. The van der Waals surface area contributed by atoms with Crippen molar-refractivity contribution < 1.29 is 14.3 Å². The number of para-hydroxylation sites is 1. The van der Waals surface area contributed by atoms with Crippen molar-refractivity contribution in [2.24, 2.45) is 0 Å². The number of amides is 2. The van der Waals surface area contributed by atoms with E-state index in [2.05, 4.69) is 36.4 Å². The summed E-state index contributed by atoms with van der Waals surface area (Å²) in [5.41, 5.74) is 4.14. The Bertz CT molecular complexity index is 1330. The highest BCUT2D eigenvalue weighted by Crippen LogP contribution is 2.28. The fourth-order valence-electron chi connectivity index (χ4n) is 3.47. The van der Waals surface area contributed by atoms with E-state index in [0.717, 1.165) is 22.3 Å². The van der Waals surface area contributed by atoms with Gasteiger partial charge in [0.05, 0.1) is 29.7 Å². The number of carbonyl (C=O) groups is 2. The summed E-state index contributed by atoms with van der Waals surface area (Å²) in [4.78, 5) is 27.8. The van der Waals surface area contributed by atoms with Gasteiger partial charge >= 0.3 is 12.0 Å². The normalized spacial score (nSPS) is 11.4. The second-order valence-corrected chi connectivity index (χ2v) is 8.94. The van der Waals surface area contributed by atoms with Crippen molar-refractivity contribution in [1.29, 1.82) is 0 Å². The zero-order chi connectivity index (χ0) is 23.8. The summed E-state index contributed by atoms with van der Waals surface area (Å²) in [7, 11) is 1.32. The van der Waals surface area contributed by atoms with Gasteiger partial charge in [-0.05, 0) is 31.2 Å². The monoisotopic (exact) mass is 445 g/mol. The van der Waals surface area contributed by atoms with Gasteiger partial charge in [-0.2, -0.15) is 5.10 Å². The third-order valence-electron chi connectivity index (χ3n) is 5.31. The van der Waals surface area contributed by atoms with E-state index in [1.165, 1.54) is 7.11 Å². The lowest BCUT2D eigenvalue weighted by atomic mass is 9.92. The minimum absolute atomic E-state index is 0.191. The molecule has 0 saturated carbocycles. The third-order valence-corrected chi connectivity index (χ3v) is 5.31. The number of nitrogens with one attached hydrogen (secondary N) is 3. The van der Waals surface area contributed by atoms with Gasteiger partial charge in [-0.25, -0.2) is 14.3 Å². The maximum absolute atomic E-state index is 13.0. The number of ether oxygens (including phenoxy) is 1. The number of benzene rings is 2. The summed E-state index contributed by atoms with van der Waals surface area (Å²) in [6.45, 7) is 8.24. The molecule has 0 aliphatic heterocycles. The molecule has 0 radical (unpaired) electrons. The Morgan fingerprint density at radius 3 is 2.42 bits per heavy atom. The number of methoxy groups -OCH3 is 1. The maximum atomic E-state index is 13.0. The number of hydrogen-bond acceptors (Lipinski definition) is 4. The molecular weight excluding hydrogens is 418 g/mol. The van der Waals surface area contributed by atoms with E-state index >= 15 is 0 Å².